The van der Waals surface area contributed by atoms with Gasteiger partial charge in [0.2, 0.25) is 12.6 Å². The highest BCUT2D eigenvalue weighted by molar-refractivity contribution is 5.87. The van der Waals surface area contributed by atoms with Crippen LogP contribution in [0.15, 0.2) is 84.9 Å². The summed E-state index contributed by atoms with van der Waals surface area (Å²) in [5.41, 5.74) is -0.942. The first-order chi connectivity index (χ1) is 34.4. The molecule has 0 amide bonds. The van der Waals surface area contributed by atoms with Gasteiger partial charge in [-0.05, 0) is 59.4 Å². The lowest BCUT2D eigenvalue weighted by Crippen LogP contribution is -2.63. The summed E-state index contributed by atoms with van der Waals surface area (Å²) in [6.07, 6.45) is -23.0. The highest BCUT2D eigenvalue weighted by Crippen LogP contribution is 2.35. The van der Waals surface area contributed by atoms with Crippen molar-refractivity contribution < 1.29 is 113 Å². The largest absolute Gasteiger partial charge is 0.462 e. The van der Waals surface area contributed by atoms with Crippen molar-refractivity contribution in [1.82, 2.24) is 0 Å². The van der Waals surface area contributed by atoms with Gasteiger partial charge in [0.1, 0.15) is 91.9 Å². The summed E-state index contributed by atoms with van der Waals surface area (Å²) >= 11 is 0. The Labute approximate surface area is 412 Å². The van der Waals surface area contributed by atoms with Gasteiger partial charge in [0.05, 0.1) is 26.2 Å². The van der Waals surface area contributed by atoms with Gasteiger partial charge < -0.3 is 98.8 Å². The Bertz CT molecular complexity index is 2210. The number of aliphatic hydroxyl groups is 11. The maximum Gasteiger partial charge on any atom is 0.339 e. The van der Waals surface area contributed by atoms with Gasteiger partial charge in [0, 0.05) is 6.08 Å². The molecule has 0 aromatic heterocycles. The Morgan fingerprint density at radius 3 is 1.54 bits per heavy atom. The van der Waals surface area contributed by atoms with E-state index in [1.807, 2.05) is 0 Å². The zero-order valence-corrected chi connectivity index (χ0v) is 39.2. The van der Waals surface area contributed by atoms with Crippen LogP contribution in [0.3, 0.4) is 0 Å². The zero-order chi connectivity index (χ0) is 52.3. The minimum Gasteiger partial charge on any atom is -0.462 e. The Hall–Kier alpha value is -5.19. The van der Waals surface area contributed by atoms with Gasteiger partial charge in [0.25, 0.3) is 0 Å². The highest BCUT2D eigenvalue weighted by atomic mass is 16.7. The maximum absolute atomic E-state index is 14.5. The van der Waals surface area contributed by atoms with Gasteiger partial charge in [-0.15, -0.1) is 0 Å². The lowest BCUT2D eigenvalue weighted by Gasteiger charge is -2.44. The third kappa shape index (κ3) is 14.1. The Kier molecular flexibility index (Phi) is 20.0. The summed E-state index contributed by atoms with van der Waals surface area (Å²) in [6, 6.07) is 20.3. The molecule has 6 rings (SSSR count). The van der Waals surface area contributed by atoms with E-state index in [1.54, 1.807) is 44.2 Å². The van der Waals surface area contributed by atoms with E-state index in [4.69, 9.17) is 42.6 Å². The predicted octanol–water partition coefficient (Wildman–Crippen LogP) is -1.91. The van der Waals surface area contributed by atoms with Gasteiger partial charge in [-0.2, -0.15) is 0 Å². The van der Waals surface area contributed by atoms with Crippen LogP contribution >= 0.6 is 0 Å². The van der Waals surface area contributed by atoms with Crippen molar-refractivity contribution in [2.45, 2.75) is 138 Å². The van der Waals surface area contributed by atoms with Crippen LogP contribution in [0.4, 0.5) is 0 Å². The molecule has 3 aromatic carbocycles. The molecule has 0 bridgehead atoms. The molecule has 11 N–H and O–H groups in total. The van der Waals surface area contributed by atoms with Gasteiger partial charge in [0.15, 0.2) is 18.0 Å². The van der Waals surface area contributed by atoms with Crippen molar-refractivity contribution in [1.29, 1.82) is 0 Å². The number of benzene rings is 3. The molecule has 16 atom stereocenters. The highest BCUT2D eigenvalue weighted by Gasteiger charge is 2.54. The first-order valence-electron chi connectivity index (χ1n) is 23.1. The molecule has 0 saturated carbocycles. The monoisotopic (exact) mass is 1020 g/mol. The van der Waals surface area contributed by atoms with Crippen LogP contribution in [0.25, 0.3) is 6.08 Å². The third-order valence-corrected chi connectivity index (χ3v) is 12.0. The van der Waals surface area contributed by atoms with E-state index in [0.29, 0.717) is 16.7 Å². The molecule has 0 spiro atoms. The molecule has 3 aliphatic rings. The molecule has 3 saturated heterocycles. The second-order valence-corrected chi connectivity index (χ2v) is 17.9. The molecule has 0 unspecified atom stereocenters. The molecule has 23 heteroatoms. The summed E-state index contributed by atoms with van der Waals surface area (Å²) in [4.78, 5) is 41.4. The average Bonchev–Trinajstić information content (AvgIpc) is 3.37. The number of hydrogen-bond acceptors (Lipinski definition) is 23. The average molecular weight is 1020 g/mol. The summed E-state index contributed by atoms with van der Waals surface area (Å²) in [6.45, 7) is 0.363. The standard InChI is InChI=1S/C49H62O23/c1-25(2)18-49(48(63)65-24-28-10-15-30(16-11-28)67-46-42(61)40(59)37(56)32(21-51)69-46,72-47-43(62)44(38(57)33(22-52)70-47)71-34(53)17-12-26-6-4-3-5-7-26)19-35(54)64-23-27-8-13-29(14-9-27)66-45-41(60)39(58)36(55)31(20-50)68-45/h3-17,25,31-33,36-47,50-52,55-62H,18-24H2,1-2H3/t31-,32-,33-,36-,37-,38-,39+,40+,41-,42-,43-,44+,45-,46-,47+,49-/m1/s1. The Balaban J connectivity index is 1.20. The Morgan fingerprint density at radius 1 is 0.583 bits per heavy atom. The van der Waals surface area contributed by atoms with Crippen LogP contribution in [0.2, 0.25) is 0 Å². The molecule has 23 nitrogen and oxygen atoms in total. The predicted molar refractivity (Wildman–Crippen MR) is 242 cm³/mol. The fourth-order valence-electron chi connectivity index (χ4n) is 8.09. The minimum atomic E-state index is -2.34. The van der Waals surface area contributed by atoms with Crippen LogP contribution in [-0.4, -0.2) is 192 Å². The van der Waals surface area contributed by atoms with E-state index in [1.165, 1.54) is 54.6 Å². The van der Waals surface area contributed by atoms with E-state index in [0.717, 1.165) is 6.08 Å². The molecule has 0 aliphatic carbocycles. The van der Waals surface area contributed by atoms with Gasteiger partial charge in [-0.25, -0.2) is 9.59 Å². The van der Waals surface area contributed by atoms with E-state index in [2.05, 4.69) is 0 Å². The van der Waals surface area contributed by atoms with Crippen molar-refractivity contribution in [2.24, 2.45) is 5.92 Å². The molecule has 72 heavy (non-hydrogen) atoms. The fourth-order valence-corrected chi connectivity index (χ4v) is 8.09. The van der Waals surface area contributed by atoms with Crippen LogP contribution in [0.1, 0.15) is 43.4 Å². The van der Waals surface area contributed by atoms with Crippen LogP contribution < -0.4 is 9.47 Å². The van der Waals surface area contributed by atoms with Gasteiger partial charge in [-0.3, -0.25) is 4.79 Å². The number of ether oxygens (including phenoxy) is 9. The molecule has 3 aromatic rings. The summed E-state index contributed by atoms with van der Waals surface area (Å²) in [5.74, 6) is -3.36. The summed E-state index contributed by atoms with van der Waals surface area (Å²) in [5, 5.41) is 113. The Morgan fingerprint density at radius 2 is 1.06 bits per heavy atom. The maximum atomic E-state index is 14.5. The number of esters is 3. The van der Waals surface area contributed by atoms with Crippen LogP contribution in [-0.2, 0) is 60.8 Å². The molecule has 396 valence electrons. The lowest BCUT2D eigenvalue weighted by molar-refractivity contribution is -0.327. The van der Waals surface area contributed by atoms with Crippen molar-refractivity contribution in [2.75, 3.05) is 19.8 Å². The lowest BCUT2D eigenvalue weighted by atomic mass is 9.88. The van der Waals surface area contributed by atoms with E-state index in [9.17, 15) is 70.6 Å². The van der Waals surface area contributed by atoms with E-state index >= 15 is 0 Å². The normalized spacial score (nSPS) is 31.6. The summed E-state index contributed by atoms with van der Waals surface area (Å²) in [7, 11) is 0. The number of carbonyl (C=O) groups excluding carboxylic acids is 3. The van der Waals surface area contributed by atoms with Crippen LogP contribution in [0, 0.1) is 5.92 Å². The zero-order valence-electron chi connectivity index (χ0n) is 39.2. The van der Waals surface area contributed by atoms with Gasteiger partial charge >= 0.3 is 17.9 Å². The van der Waals surface area contributed by atoms with Crippen LogP contribution in [0.5, 0.6) is 11.5 Å². The van der Waals surface area contributed by atoms with E-state index in [-0.39, 0.29) is 24.5 Å². The topological polar surface area (TPSA) is 357 Å². The number of rotatable bonds is 21. The number of carbonyl (C=O) groups is 3. The van der Waals surface area contributed by atoms with Crippen molar-refractivity contribution in [3.8, 4) is 11.5 Å². The number of hydrogen-bond donors (Lipinski definition) is 11. The smallest absolute Gasteiger partial charge is 0.339 e. The quantitative estimate of drug-likeness (QED) is 0.0315. The second kappa shape index (κ2) is 25.7. The molecule has 3 heterocycles. The summed E-state index contributed by atoms with van der Waals surface area (Å²) < 4.78 is 50.9. The fraction of sp³-hybridized carbons (Fsp3) is 0.531. The van der Waals surface area contributed by atoms with Crippen molar-refractivity contribution in [3.05, 3.63) is 102 Å². The SMILES string of the molecule is CC(C)C[C@](CC(=O)OCc1ccc(O[C@@H]2O[C@H](CO)[C@@H](O)[C@H](O)[C@H]2O)cc1)(O[C@@H]1O[C@H](CO)[C@@H](O)[C@H](OC(=O)C=Cc2ccccc2)[C@H]1O)C(=O)OCc1ccc(O[C@@H]2O[C@H](CO)[C@@H](O)[C@H](O)[C@H]2O)cc1. The minimum absolute atomic E-state index is 0.112. The van der Waals surface area contributed by atoms with E-state index < -0.39 is 154 Å². The molecular formula is C49H62O23. The number of aliphatic hydroxyl groups excluding tert-OH is 11. The molecular weight excluding hydrogens is 957 g/mol. The first-order valence-corrected chi connectivity index (χ1v) is 23.1. The third-order valence-electron chi connectivity index (χ3n) is 12.0. The molecule has 3 fully saturated rings. The van der Waals surface area contributed by atoms with Crippen molar-refractivity contribution >= 4 is 24.0 Å². The molecule has 0 radical (unpaired) electrons. The first kappa shape index (κ1) is 56.1. The molecule has 3 aliphatic heterocycles. The van der Waals surface area contributed by atoms with Crippen molar-refractivity contribution in [3.63, 3.8) is 0 Å². The second-order valence-electron chi connectivity index (χ2n) is 17.9. The van der Waals surface area contributed by atoms with Gasteiger partial charge in [-0.1, -0.05) is 68.4 Å².